The summed E-state index contributed by atoms with van der Waals surface area (Å²) < 4.78 is 0. The Bertz CT molecular complexity index is 824. The zero-order chi connectivity index (χ0) is 19.9. The molecule has 0 unspecified atom stereocenters. The molecule has 1 aliphatic rings. The van der Waals surface area contributed by atoms with Gasteiger partial charge < -0.3 is 5.32 Å². The number of pyridine rings is 1. The van der Waals surface area contributed by atoms with Gasteiger partial charge in [-0.1, -0.05) is 18.5 Å². The van der Waals surface area contributed by atoms with E-state index < -0.39 is 0 Å². The van der Waals surface area contributed by atoms with Gasteiger partial charge in [0, 0.05) is 47.8 Å². The second kappa shape index (κ2) is 9.83. The molecule has 1 saturated carbocycles. The van der Waals surface area contributed by atoms with Crippen LogP contribution in [-0.2, 0) is 11.2 Å². The number of nitrogens with one attached hydrogen (secondary N) is 1. The number of anilines is 1. The summed E-state index contributed by atoms with van der Waals surface area (Å²) in [5.74, 6) is 1.05. The van der Waals surface area contributed by atoms with Crippen LogP contribution in [0.5, 0.6) is 0 Å². The van der Waals surface area contributed by atoms with E-state index >= 15 is 0 Å². The number of nitrogens with zero attached hydrogens (tertiary/aromatic N) is 2. The molecule has 1 aliphatic carbocycles. The van der Waals surface area contributed by atoms with E-state index in [4.69, 9.17) is 11.6 Å². The Morgan fingerprint density at radius 2 is 1.93 bits per heavy atom. The maximum Gasteiger partial charge on any atom is 0.224 e. The van der Waals surface area contributed by atoms with Crippen molar-refractivity contribution < 1.29 is 4.79 Å². The molecule has 1 aromatic heterocycles. The van der Waals surface area contributed by atoms with Gasteiger partial charge in [0.2, 0.25) is 5.91 Å². The highest BCUT2D eigenvalue weighted by Crippen LogP contribution is 2.38. The monoisotopic (exact) mass is 397 g/mol. The molecule has 1 aromatic carbocycles. The van der Waals surface area contributed by atoms with Gasteiger partial charge >= 0.3 is 0 Å². The topological polar surface area (TPSA) is 54.4 Å². The quantitative estimate of drug-likeness (QED) is 0.640. The number of carbonyl (C=O) groups excluding carboxylic acids is 1. The third-order valence-electron chi connectivity index (χ3n) is 5.59. The minimum atomic E-state index is 0.0850. The first-order chi connectivity index (χ1) is 13.6. The van der Waals surface area contributed by atoms with Crippen molar-refractivity contribution in [2.45, 2.75) is 51.4 Å². The molecule has 0 spiro atoms. The van der Waals surface area contributed by atoms with Gasteiger partial charge in [-0.2, -0.15) is 0 Å². The molecule has 148 valence electrons. The molecule has 0 radical (unpaired) electrons. The summed E-state index contributed by atoms with van der Waals surface area (Å²) in [5.41, 5.74) is 4.47. The largest absolute Gasteiger partial charge is 0.326 e. The first kappa shape index (κ1) is 20.5. The smallest absolute Gasteiger partial charge is 0.224 e. The number of hydrogen-bond acceptors (Lipinski definition) is 3. The van der Waals surface area contributed by atoms with E-state index in [0.717, 1.165) is 43.5 Å². The van der Waals surface area contributed by atoms with Gasteiger partial charge in [0.15, 0.2) is 0 Å². The van der Waals surface area contributed by atoms with Crippen LogP contribution in [0.25, 0.3) is 0 Å². The number of carbonyl (C=O) groups is 1. The summed E-state index contributed by atoms with van der Waals surface area (Å²) >= 11 is 5.89. The summed E-state index contributed by atoms with van der Waals surface area (Å²) in [5, 5.41) is 3.65. The van der Waals surface area contributed by atoms with E-state index in [1.807, 2.05) is 31.6 Å². The van der Waals surface area contributed by atoms with Gasteiger partial charge in [0.25, 0.3) is 0 Å². The van der Waals surface area contributed by atoms with Gasteiger partial charge in [-0.15, -0.1) is 0 Å². The van der Waals surface area contributed by atoms with E-state index in [1.54, 1.807) is 12.1 Å². The lowest BCUT2D eigenvalue weighted by Gasteiger charge is -2.29. The molecule has 1 fully saturated rings. The van der Waals surface area contributed by atoms with Crippen molar-refractivity contribution in [3.8, 4) is 0 Å². The zero-order valence-corrected chi connectivity index (χ0v) is 17.4. The lowest BCUT2D eigenvalue weighted by molar-refractivity contribution is -0.117. The lowest BCUT2D eigenvalue weighted by Crippen LogP contribution is -2.21. The molecule has 0 atom stereocenters. The highest BCUT2D eigenvalue weighted by Gasteiger charge is 2.26. The second-order valence-corrected chi connectivity index (χ2v) is 7.91. The number of aromatic nitrogens is 1. The van der Waals surface area contributed by atoms with Crippen LogP contribution >= 0.6 is 11.6 Å². The molecule has 28 heavy (non-hydrogen) atoms. The Kier molecular flexibility index (Phi) is 7.21. The van der Waals surface area contributed by atoms with Crippen LogP contribution < -0.4 is 5.32 Å². The summed E-state index contributed by atoms with van der Waals surface area (Å²) in [6.07, 6.45) is 9.73. The van der Waals surface area contributed by atoms with Crippen molar-refractivity contribution in [3.05, 3.63) is 58.4 Å². The maximum absolute atomic E-state index is 12.4. The highest BCUT2D eigenvalue weighted by molar-refractivity contribution is 6.30. The van der Waals surface area contributed by atoms with Crippen LogP contribution in [0.4, 0.5) is 5.69 Å². The number of aliphatic imine (C=N–C) groups is 1. The minimum absolute atomic E-state index is 0.0850. The van der Waals surface area contributed by atoms with Crippen molar-refractivity contribution in [2.75, 3.05) is 12.4 Å². The minimum Gasteiger partial charge on any atom is -0.326 e. The molecule has 2 aromatic rings. The van der Waals surface area contributed by atoms with E-state index in [1.165, 1.54) is 11.1 Å². The van der Waals surface area contributed by atoms with Crippen molar-refractivity contribution in [1.82, 2.24) is 4.98 Å². The Hall–Kier alpha value is -2.20. The number of hydrogen-bond donors (Lipinski definition) is 1. The molecule has 5 heteroatoms. The van der Waals surface area contributed by atoms with Crippen LogP contribution in [0.1, 0.15) is 61.8 Å². The molecule has 1 N–H and O–H groups in total. The van der Waals surface area contributed by atoms with E-state index in [9.17, 15) is 4.79 Å². The zero-order valence-electron chi connectivity index (χ0n) is 16.6. The van der Waals surface area contributed by atoms with Crippen molar-refractivity contribution in [1.29, 1.82) is 0 Å². The van der Waals surface area contributed by atoms with Crippen LogP contribution in [0.2, 0.25) is 5.02 Å². The van der Waals surface area contributed by atoms with Crippen LogP contribution in [-0.4, -0.2) is 24.2 Å². The molecular weight excluding hydrogens is 370 g/mol. The fourth-order valence-electron chi connectivity index (χ4n) is 4.13. The molecule has 0 aliphatic heterocycles. The van der Waals surface area contributed by atoms with E-state index in [-0.39, 0.29) is 5.91 Å². The molecule has 0 saturated heterocycles. The average Bonchev–Trinajstić information content (AvgIpc) is 2.71. The highest BCUT2D eigenvalue weighted by atomic mass is 35.5. The van der Waals surface area contributed by atoms with E-state index in [2.05, 4.69) is 28.3 Å². The van der Waals surface area contributed by atoms with Gasteiger partial charge in [0.1, 0.15) is 0 Å². The lowest BCUT2D eigenvalue weighted by atomic mass is 9.76. The van der Waals surface area contributed by atoms with Crippen LogP contribution in [0, 0.1) is 5.92 Å². The Morgan fingerprint density at radius 3 is 2.57 bits per heavy atom. The van der Waals surface area contributed by atoms with Gasteiger partial charge in [-0.05, 0) is 79.8 Å². The number of halogens is 1. The summed E-state index contributed by atoms with van der Waals surface area (Å²) in [4.78, 5) is 21.1. The number of rotatable bonds is 6. The third kappa shape index (κ3) is 5.20. The Balaban J connectivity index is 1.57. The fraction of sp³-hybridized carbons (Fsp3) is 0.435. The summed E-state index contributed by atoms with van der Waals surface area (Å²) in [6.45, 7) is 2.13. The first-order valence-electron chi connectivity index (χ1n) is 10.1. The standard InChI is InChI=1S/C23H28ClN3O/c1-3-22-21(15-25-2)20(12-13-26-22)17-6-4-16(5-7-17)14-23(28)27-19-10-8-18(24)9-11-19/h8-13,15-17H,3-7,14H2,1-2H3,(H,27,28). The SMILES string of the molecule is CCc1nccc(C2CCC(CC(=O)Nc3ccc(Cl)cc3)CC2)c1C=NC. The number of benzene rings is 1. The van der Waals surface area contributed by atoms with Crippen LogP contribution in [0.15, 0.2) is 41.5 Å². The first-order valence-corrected chi connectivity index (χ1v) is 10.4. The Morgan fingerprint density at radius 1 is 1.21 bits per heavy atom. The van der Waals surface area contributed by atoms with Crippen molar-refractivity contribution in [3.63, 3.8) is 0 Å². The molecule has 1 heterocycles. The molecule has 0 bridgehead atoms. The predicted molar refractivity (Wildman–Crippen MR) is 117 cm³/mol. The van der Waals surface area contributed by atoms with Gasteiger partial charge in [0.05, 0.1) is 0 Å². The fourth-order valence-corrected chi connectivity index (χ4v) is 4.26. The maximum atomic E-state index is 12.4. The van der Waals surface area contributed by atoms with Gasteiger partial charge in [-0.25, -0.2) is 0 Å². The summed E-state index contributed by atoms with van der Waals surface area (Å²) in [6, 6.07) is 9.40. The molecular formula is C23H28ClN3O. The third-order valence-corrected chi connectivity index (χ3v) is 5.84. The molecule has 3 rings (SSSR count). The van der Waals surface area contributed by atoms with Crippen molar-refractivity contribution >= 4 is 29.4 Å². The second-order valence-electron chi connectivity index (χ2n) is 7.48. The normalized spacial score (nSPS) is 19.7. The van der Waals surface area contributed by atoms with Gasteiger partial charge in [-0.3, -0.25) is 14.8 Å². The average molecular weight is 398 g/mol. The summed E-state index contributed by atoms with van der Waals surface area (Å²) in [7, 11) is 1.81. The predicted octanol–water partition coefficient (Wildman–Crippen LogP) is 5.65. The number of amides is 1. The number of aryl methyl sites for hydroxylation is 1. The Labute approximate surface area is 172 Å². The van der Waals surface area contributed by atoms with Crippen molar-refractivity contribution in [2.24, 2.45) is 10.9 Å². The molecule has 4 nitrogen and oxygen atoms in total. The molecule has 1 amide bonds. The van der Waals surface area contributed by atoms with E-state index in [0.29, 0.717) is 23.3 Å². The van der Waals surface area contributed by atoms with Crippen LogP contribution in [0.3, 0.4) is 0 Å².